The van der Waals surface area contributed by atoms with Crippen LogP contribution in [0.1, 0.15) is 64.4 Å². The van der Waals surface area contributed by atoms with E-state index in [0.717, 1.165) is 26.4 Å². The third-order valence-electron chi connectivity index (χ3n) is 6.68. The van der Waals surface area contributed by atoms with Crippen LogP contribution in [0, 0.1) is 17.8 Å². The third-order valence-corrected chi connectivity index (χ3v) is 6.68. The van der Waals surface area contributed by atoms with E-state index in [1.807, 2.05) is 13.8 Å². The first kappa shape index (κ1) is 31.7. The predicted octanol–water partition coefficient (Wildman–Crippen LogP) is 4.16. The summed E-state index contributed by atoms with van der Waals surface area (Å²) in [7, 11) is 1.01. The maximum atomic E-state index is 14.1. The van der Waals surface area contributed by atoms with Crippen LogP contribution in [0.15, 0.2) is 18.2 Å². The molecular formula is C26H35F2NO10. The van der Waals surface area contributed by atoms with Crippen molar-refractivity contribution in [3.8, 4) is 5.75 Å². The Kier molecular flexibility index (Phi) is 11.9. The molecule has 0 aliphatic carbocycles. The first-order valence-corrected chi connectivity index (χ1v) is 12.6. The number of carboxylic acid groups (broad SMARTS) is 3. The fourth-order valence-electron chi connectivity index (χ4n) is 4.87. The molecule has 0 spiro atoms. The topological polar surface area (TPSA) is 169 Å². The Morgan fingerprint density at radius 1 is 1.00 bits per heavy atom. The standard InChI is InChI=1S/C26H35F2NO10/c1-4-5-6-13(2)29-14-7-8-19(18(9-14)24(27)28)38-26-17(12-22(34)35)15(10-20(30)31)16(11-21(32)33)23(39-26)25(36)37-3/h7-9,13,15-17,23-24,26,29H,4-6,10-12H2,1-3H3,(H,30,31)(H,32,33)(H,34,35). The Labute approximate surface area is 224 Å². The van der Waals surface area contributed by atoms with Gasteiger partial charge in [-0.3, -0.25) is 14.4 Å². The molecule has 13 heteroatoms. The molecule has 0 bridgehead atoms. The molecule has 39 heavy (non-hydrogen) atoms. The summed E-state index contributed by atoms with van der Waals surface area (Å²) in [6.07, 6.45) is -5.73. The van der Waals surface area contributed by atoms with Crippen LogP contribution in [0.3, 0.4) is 0 Å². The van der Waals surface area contributed by atoms with Gasteiger partial charge >= 0.3 is 23.9 Å². The summed E-state index contributed by atoms with van der Waals surface area (Å²) in [4.78, 5) is 47.5. The lowest BCUT2D eigenvalue weighted by Crippen LogP contribution is -2.54. The van der Waals surface area contributed by atoms with Crippen LogP contribution >= 0.6 is 0 Å². The summed E-state index contributed by atoms with van der Waals surface area (Å²) in [6, 6.07) is 3.95. The summed E-state index contributed by atoms with van der Waals surface area (Å²) in [5.41, 5.74) is -0.122. The number of ether oxygens (including phenoxy) is 3. The van der Waals surface area contributed by atoms with Crippen LogP contribution in [-0.4, -0.2) is 64.7 Å². The third kappa shape index (κ3) is 9.05. The van der Waals surface area contributed by atoms with E-state index in [1.54, 1.807) is 0 Å². The molecule has 4 N–H and O–H groups in total. The number of esters is 1. The Morgan fingerprint density at radius 3 is 2.13 bits per heavy atom. The maximum Gasteiger partial charge on any atom is 0.335 e. The molecule has 0 saturated carbocycles. The van der Waals surface area contributed by atoms with Crippen LogP contribution in [0.5, 0.6) is 5.75 Å². The van der Waals surface area contributed by atoms with Crippen molar-refractivity contribution < 1.29 is 57.5 Å². The molecule has 1 aliphatic rings. The van der Waals surface area contributed by atoms with Crippen molar-refractivity contribution in [3.63, 3.8) is 0 Å². The molecule has 1 aromatic rings. The van der Waals surface area contributed by atoms with Crippen molar-refractivity contribution in [2.45, 2.75) is 77.2 Å². The van der Waals surface area contributed by atoms with Crippen molar-refractivity contribution in [2.75, 3.05) is 12.4 Å². The second-order valence-electron chi connectivity index (χ2n) is 9.59. The lowest BCUT2D eigenvalue weighted by Gasteiger charge is -2.44. The van der Waals surface area contributed by atoms with Gasteiger partial charge in [0.2, 0.25) is 6.29 Å². The number of unbranched alkanes of at least 4 members (excludes halogenated alkanes) is 1. The number of carboxylic acids is 3. The number of halogens is 2. The molecule has 0 amide bonds. The van der Waals surface area contributed by atoms with Gasteiger partial charge in [-0.15, -0.1) is 0 Å². The molecule has 6 unspecified atom stereocenters. The number of hydrogen-bond donors (Lipinski definition) is 4. The van der Waals surface area contributed by atoms with E-state index >= 15 is 0 Å². The normalized spacial score (nSPS) is 23.6. The molecule has 2 rings (SSSR count). The fraction of sp³-hybridized carbons (Fsp3) is 0.615. The zero-order chi connectivity index (χ0) is 29.3. The number of rotatable bonds is 15. The van der Waals surface area contributed by atoms with Crippen LogP contribution in [0.25, 0.3) is 0 Å². The SMILES string of the molecule is CCCCC(C)Nc1ccc(OC2OC(C(=O)OC)C(CC(=O)O)C(CC(=O)O)C2CC(=O)O)c(C(F)F)c1. The smallest absolute Gasteiger partial charge is 0.335 e. The molecule has 11 nitrogen and oxygen atoms in total. The quantitative estimate of drug-likeness (QED) is 0.228. The van der Waals surface area contributed by atoms with Gasteiger partial charge in [-0.2, -0.15) is 0 Å². The molecule has 0 aromatic heterocycles. The van der Waals surface area contributed by atoms with Crippen molar-refractivity contribution in [2.24, 2.45) is 17.8 Å². The second-order valence-corrected chi connectivity index (χ2v) is 9.59. The molecule has 1 fully saturated rings. The van der Waals surface area contributed by atoms with Crippen molar-refractivity contribution in [1.29, 1.82) is 0 Å². The Bertz CT molecular complexity index is 1020. The maximum absolute atomic E-state index is 14.1. The van der Waals surface area contributed by atoms with Gasteiger partial charge < -0.3 is 34.8 Å². The minimum atomic E-state index is -3.00. The van der Waals surface area contributed by atoms with Gasteiger partial charge in [0.15, 0.2) is 6.10 Å². The van der Waals surface area contributed by atoms with Crippen molar-refractivity contribution in [3.05, 3.63) is 23.8 Å². The first-order chi connectivity index (χ1) is 18.4. The molecule has 1 heterocycles. The zero-order valence-electron chi connectivity index (χ0n) is 22.0. The summed E-state index contributed by atoms with van der Waals surface area (Å²) in [6.45, 7) is 3.95. The Hall–Kier alpha value is -3.48. The highest BCUT2D eigenvalue weighted by Crippen LogP contribution is 2.43. The number of carbonyl (C=O) groups is 4. The number of alkyl halides is 2. The van der Waals surface area contributed by atoms with Gasteiger partial charge in [0.05, 0.1) is 25.5 Å². The van der Waals surface area contributed by atoms with Gasteiger partial charge in [0, 0.05) is 30.0 Å². The zero-order valence-corrected chi connectivity index (χ0v) is 22.0. The number of hydrogen-bond acceptors (Lipinski definition) is 8. The predicted molar refractivity (Wildman–Crippen MR) is 133 cm³/mol. The molecular weight excluding hydrogens is 524 g/mol. The van der Waals surface area contributed by atoms with Gasteiger partial charge in [0.1, 0.15) is 5.75 Å². The van der Waals surface area contributed by atoms with E-state index in [2.05, 4.69) is 5.32 Å². The van der Waals surface area contributed by atoms with Crippen molar-refractivity contribution >= 4 is 29.6 Å². The van der Waals surface area contributed by atoms with Crippen LogP contribution < -0.4 is 10.1 Å². The molecule has 6 atom stereocenters. The largest absolute Gasteiger partial charge is 0.481 e. The van der Waals surface area contributed by atoms with E-state index in [4.69, 9.17) is 14.2 Å². The number of benzene rings is 1. The number of nitrogens with one attached hydrogen (secondary N) is 1. The van der Waals surface area contributed by atoms with Gasteiger partial charge in [0.25, 0.3) is 6.43 Å². The first-order valence-electron chi connectivity index (χ1n) is 12.6. The van der Waals surface area contributed by atoms with Gasteiger partial charge in [-0.1, -0.05) is 19.8 Å². The van der Waals surface area contributed by atoms with E-state index in [0.29, 0.717) is 5.69 Å². The summed E-state index contributed by atoms with van der Waals surface area (Å²) in [5, 5.41) is 31.6. The number of methoxy groups -OCH3 is 1. The number of aliphatic carboxylic acids is 3. The lowest BCUT2D eigenvalue weighted by molar-refractivity contribution is -0.234. The number of anilines is 1. The van der Waals surface area contributed by atoms with Gasteiger partial charge in [-0.05, 0) is 37.5 Å². The average Bonchev–Trinajstić information content (AvgIpc) is 2.85. The molecule has 218 valence electrons. The van der Waals surface area contributed by atoms with Gasteiger partial charge in [-0.25, -0.2) is 13.6 Å². The summed E-state index contributed by atoms with van der Waals surface area (Å²) < 4.78 is 44.2. The van der Waals surface area contributed by atoms with E-state index in [1.165, 1.54) is 18.2 Å². The van der Waals surface area contributed by atoms with Crippen LogP contribution in [-0.2, 0) is 28.7 Å². The molecule has 0 radical (unpaired) electrons. The van der Waals surface area contributed by atoms with E-state index < -0.39 is 85.3 Å². The average molecular weight is 560 g/mol. The lowest BCUT2D eigenvalue weighted by atomic mass is 9.71. The highest BCUT2D eigenvalue weighted by atomic mass is 19.3. The minimum Gasteiger partial charge on any atom is -0.481 e. The number of carbonyl (C=O) groups excluding carboxylic acids is 1. The Morgan fingerprint density at radius 2 is 1.59 bits per heavy atom. The summed E-state index contributed by atoms with van der Waals surface area (Å²) >= 11 is 0. The minimum absolute atomic E-state index is 0.00706. The molecule has 1 aromatic carbocycles. The second kappa shape index (κ2) is 14.6. The monoisotopic (exact) mass is 559 g/mol. The summed E-state index contributed by atoms with van der Waals surface area (Å²) in [5.74, 6) is -9.32. The highest BCUT2D eigenvalue weighted by Gasteiger charge is 2.52. The van der Waals surface area contributed by atoms with Crippen molar-refractivity contribution in [1.82, 2.24) is 0 Å². The highest BCUT2D eigenvalue weighted by molar-refractivity contribution is 5.77. The van der Waals surface area contributed by atoms with E-state index in [-0.39, 0.29) is 11.8 Å². The molecule has 1 saturated heterocycles. The fourth-order valence-corrected chi connectivity index (χ4v) is 4.87. The molecule has 1 aliphatic heterocycles. The van der Waals surface area contributed by atoms with Crippen LogP contribution in [0.4, 0.5) is 14.5 Å². The Balaban J connectivity index is 2.50. The van der Waals surface area contributed by atoms with Crippen LogP contribution in [0.2, 0.25) is 0 Å². The van der Waals surface area contributed by atoms with E-state index in [9.17, 15) is 43.3 Å².